The number of piperidine rings is 1. The van der Waals surface area contributed by atoms with E-state index in [1.54, 1.807) is 0 Å². The van der Waals surface area contributed by atoms with Crippen molar-refractivity contribution in [2.75, 3.05) is 13.6 Å². The molecule has 2 fully saturated rings. The van der Waals surface area contributed by atoms with Crippen LogP contribution in [0.5, 0.6) is 0 Å². The summed E-state index contributed by atoms with van der Waals surface area (Å²) in [5.41, 5.74) is 5.59. The quantitative estimate of drug-likeness (QED) is 0.671. The summed E-state index contributed by atoms with van der Waals surface area (Å²) in [6.07, 6.45) is 6.93. The summed E-state index contributed by atoms with van der Waals surface area (Å²) >= 11 is 0. The molecule has 2 aliphatic rings. The average Bonchev–Trinajstić information content (AvgIpc) is 2.33. The largest absolute Gasteiger partial charge is 0.330 e. The predicted octanol–water partition coefficient (Wildman–Crippen LogP) is 1.21. The topological polar surface area (TPSA) is 29.3 Å². The van der Waals surface area contributed by atoms with Crippen molar-refractivity contribution < 1.29 is 0 Å². The summed E-state index contributed by atoms with van der Waals surface area (Å²) in [5, 5.41) is 0. The van der Waals surface area contributed by atoms with E-state index in [2.05, 4.69) is 11.9 Å². The molecule has 2 atom stereocenters. The van der Waals surface area contributed by atoms with Gasteiger partial charge in [-0.25, -0.2) is 0 Å². The average molecular weight is 168 g/mol. The molecule has 2 heteroatoms. The SMILES string of the molecule is CN1C2CCC1CC(CCN)C2. The van der Waals surface area contributed by atoms with Crippen LogP contribution in [0.15, 0.2) is 0 Å². The Labute approximate surface area is 75.1 Å². The lowest BCUT2D eigenvalue weighted by atomic mass is 9.89. The van der Waals surface area contributed by atoms with E-state index in [9.17, 15) is 0 Å². The molecular weight excluding hydrogens is 148 g/mol. The van der Waals surface area contributed by atoms with Gasteiger partial charge in [0.2, 0.25) is 0 Å². The van der Waals surface area contributed by atoms with Crippen molar-refractivity contribution in [2.45, 2.75) is 44.2 Å². The van der Waals surface area contributed by atoms with Crippen LogP contribution < -0.4 is 5.73 Å². The van der Waals surface area contributed by atoms with Crippen LogP contribution >= 0.6 is 0 Å². The Morgan fingerprint density at radius 2 is 1.83 bits per heavy atom. The fourth-order valence-corrected chi connectivity index (χ4v) is 3.00. The first-order chi connectivity index (χ1) is 5.81. The first kappa shape index (κ1) is 8.52. The summed E-state index contributed by atoms with van der Waals surface area (Å²) < 4.78 is 0. The lowest BCUT2D eigenvalue weighted by Gasteiger charge is -2.36. The van der Waals surface area contributed by atoms with Crippen LogP contribution in [-0.4, -0.2) is 30.6 Å². The van der Waals surface area contributed by atoms with E-state index >= 15 is 0 Å². The molecule has 70 valence electrons. The Morgan fingerprint density at radius 1 is 1.25 bits per heavy atom. The third-order valence-electron chi connectivity index (χ3n) is 3.77. The van der Waals surface area contributed by atoms with E-state index in [-0.39, 0.29) is 0 Å². The molecule has 2 rings (SSSR count). The van der Waals surface area contributed by atoms with Crippen LogP contribution in [0, 0.1) is 5.92 Å². The third-order valence-corrected chi connectivity index (χ3v) is 3.77. The smallest absolute Gasteiger partial charge is 0.00983 e. The second-order valence-electron chi connectivity index (χ2n) is 4.47. The fourth-order valence-electron chi connectivity index (χ4n) is 3.00. The molecule has 2 nitrogen and oxygen atoms in total. The second-order valence-corrected chi connectivity index (χ2v) is 4.47. The molecule has 2 N–H and O–H groups in total. The van der Waals surface area contributed by atoms with Gasteiger partial charge in [-0.05, 0) is 51.6 Å². The van der Waals surface area contributed by atoms with E-state index in [1.807, 2.05) is 0 Å². The fraction of sp³-hybridized carbons (Fsp3) is 1.00. The van der Waals surface area contributed by atoms with Gasteiger partial charge in [0, 0.05) is 12.1 Å². The Kier molecular flexibility index (Phi) is 2.37. The van der Waals surface area contributed by atoms with Crippen LogP contribution in [0.2, 0.25) is 0 Å². The van der Waals surface area contributed by atoms with Crippen molar-refractivity contribution in [3.63, 3.8) is 0 Å². The number of fused-ring (bicyclic) bond motifs is 2. The van der Waals surface area contributed by atoms with Gasteiger partial charge in [-0.2, -0.15) is 0 Å². The van der Waals surface area contributed by atoms with Crippen molar-refractivity contribution in [1.29, 1.82) is 0 Å². The zero-order valence-corrected chi connectivity index (χ0v) is 8.00. The minimum absolute atomic E-state index is 0.883. The molecule has 2 aliphatic heterocycles. The summed E-state index contributed by atoms with van der Waals surface area (Å²) in [7, 11) is 2.29. The number of nitrogens with zero attached hydrogens (tertiary/aromatic N) is 1. The van der Waals surface area contributed by atoms with Gasteiger partial charge in [0.15, 0.2) is 0 Å². The van der Waals surface area contributed by atoms with Gasteiger partial charge in [-0.1, -0.05) is 0 Å². The van der Waals surface area contributed by atoms with Crippen molar-refractivity contribution >= 4 is 0 Å². The van der Waals surface area contributed by atoms with Crippen molar-refractivity contribution in [3.8, 4) is 0 Å². The molecule has 12 heavy (non-hydrogen) atoms. The Hall–Kier alpha value is -0.0800. The van der Waals surface area contributed by atoms with Gasteiger partial charge >= 0.3 is 0 Å². The molecule has 0 amide bonds. The molecule has 0 aromatic carbocycles. The highest BCUT2D eigenvalue weighted by Gasteiger charge is 2.37. The first-order valence-corrected chi connectivity index (χ1v) is 5.23. The lowest BCUT2D eigenvalue weighted by molar-refractivity contribution is 0.131. The van der Waals surface area contributed by atoms with Crippen molar-refractivity contribution in [2.24, 2.45) is 11.7 Å². The first-order valence-electron chi connectivity index (χ1n) is 5.23. The summed E-state index contributed by atoms with van der Waals surface area (Å²) in [4.78, 5) is 2.59. The molecule has 2 heterocycles. The Morgan fingerprint density at radius 3 is 2.33 bits per heavy atom. The zero-order valence-electron chi connectivity index (χ0n) is 8.00. The number of rotatable bonds is 2. The Balaban J connectivity index is 1.93. The van der Waals surface area contributed by atoms with E-state index in [0.29, 0.717) is 0 Å². The summed E-state index contributed by atoms with van der Waals surface area (Å²) in [5.74, 6) is 0.934. The molecule has 0 aliphatic carbocycles. The molecular formula is C10H20N2. The normalized spacial score (nSPS) is 42.0. The van der Waals surface area contributed by atoms with E-state index in [0.717, 1.165) is 24.5 Å². The molecule has 2 saturated heterocycles. The summed E-state index contributed by atoms with van der Waals surface area (Å²) in [6.45, 7) is 0.883. The van der Waals surface area contributed by atoms with Gasteiger partial charge in [0.1, 0.15) is 0 Å². The molecule has 0 aromatic rings. The van der Waals surface area contributed by atoms with Crippen LogP contribution in [0.4, 0.5) is 0 Å². The molecule has 0 spiro atoms. The van der Waals surface area contributed by atoms with Gasteiger partial charge in [0.05, 0.1) is 0 Å². The van der Waals surface area contributed by atoms with E-state index < -0.39 is 0 Å². The maximum absolute atomic E-state index is 5.59. The minimum Gasteiger partial charge on any atom is -0.330 e. The molecule has 0 saturated carbocycles. The number of nitrogens with two attached hydrogens (primary N) is 1. The highest BCUT2D eigenvalue weighted by Crippen LogP contribution is 2.38. The Bertz CT molecular complexity index is 144. The van der Waals surface area contributed by atoms with Crippen molar-refractivity contribution in [3.05, 3.63) is 0 Å². The standard InChI is InChI=1S/C10H20N2/c1-12-9-2-3-10(12)7-8(6-9)4-5-11/h8-10H,2-7,11H2,1H3. The van der Waals surface area contributed by atoms with E-state index in [1.165, 1.54) is 32.1 Å². The minimum atomic E-state index is 0.883. The van der Waals surface area contributed by atoms with Gasteiger partial charge in [-0.3, -0.25) is 0 Å². The predicted molar refractivity (Wildman–Crippen MR) is 51.0 cm³/mol. The van der Waals surface area contributed by atoms with Gasteiger partial charge in [0.25, 0.3) is 0 Å². The summed E-state index contributed by atoms with van der Waals surface area (Å²) in [6, 6.07) is 1.78. The maximum Gasteiger partial charge on any atom is 0.00983 e. The molecule has 2 unspecified atom stereocenters. The monoisotopic (exact) mass is 168 g/mol. The highest BCUT2D eigenvalue weighted by atomic mass is 15.2. The number of hydrogen-bond acceptors (Lipinski definition) is 2. The molecule has 2 bridgehead atoms. The van der Waals surface area contributed by atoms with Crippen molar-refractivity contribution in [1.82, 2.24) is 4.90 Å². The van der Waals surface area contributed by atoms with Gasteiger partial charge in [-0.15, -0.1) is 0 Å². The second kappa shape index (κ2) is 3.35. The lowest BCUT2D eigenvalue weighted by Crippen LogP contribution is -2.40. The van der Waals surface area contributed by atoms with Crippen LogP contribution in [0.25, 0.3) is 0 Å². The van der Waals surface area contributed by atoms with Gasteiger partial charge < -0.3 is 10.6 Å². The van der Waals surface area contributed by atoms with Crippen LogP contribution in [0.3, 0.4) is 0 Å². The molecule has 0 radical (unpaired) electrons. The van der Waals surface area contributed by atoms with Crippen LogP contribution in [0.1, 0.15) is 32.1 Å². The zero-order chi connectivity index (χ0) is 8.55. The van der Waals surface area contributed by atoms with Crippen LogP contribution in [-0.2, 0) is 0 Å². The molecule has 0 aromatic heterocycles. The maximum atomic E-state index is 5.59. The number of hydrogen-bond donors (Lipinski definition) is 1. The third kappa shape index (κ3) is 1.38. The highest BCUT2D eigenvalue weighted by molar-refractivity contribution is 4.93. The van der Waals surface area contributed by atoms with E-state index in [4.69, 9.17) is 5.73 Å².